The molecule has 1 N–H and O–H groups in total. The standard InChI is InChI=1S/C18H22N2O/c1-20(17-9-5-6-10-18(17)21-2)16-11-12-19-13-14-7-3-4-8-15(14)16/h3-10,16,19H,11-13H2,1-2H3. The van der Waals surface area contributed by atoms with E-state index in [0.29, 0.717) is 6.04 Å². The van der Waals surface area contributed by atoms with E-state index in [1.807, 2.05) is 12.1 Å². The van der Waals surface area contributed by atoms with Crippen molar-refractivity contribution in [1.29, 1.82) is 0 Å². The van der Waals surface area contributed by atoms with Crippen LogP contribution in [-0.2, 0) is 6.54 Å². The Morgan fingerprint density at radius 3 is 2.71 bits per heavy atom. The summed E-state index contributed by atoms with van der Waals surface area (Å²) >= 11 is 0. The molecule has 0 bridgehead atoms. The molecule has 0 fully saturated rings. The van der Waals surface area contributed by atoms with Crippen molar-refractivity contribution in [3.63, 3.8) is 0 Å². The average Bonchev–Trinajstić information content (AvgIpc) is 2.76. The van der Waals surface area contributed by atoms with Gasteiger partial charge in [0.2, 0.25) is 0 Å². The number of rotatable bonds is 3. The van der Waals surface area contributed by atoms with Crippen LogP contribution >= 0.6 is 0 Å². The van der Waals surface area contributed by atoms with Gasteiger partial charge in [-0.1, -0.05) is 36.4 Å². The lowest BCUT2D eigenvalue weighted by Crippen LogP contribution is -2.26. The van der Waals surface area contributed by atoms with Gasteiger partial charge in [0.1, 0.15) is 5.75 Å². The minimum absolute atomic E-state index is 0.368. The highest BCUT2D eigenvalue weighted by Crippen LogP contribution is 2.36. The summed E-state index contributed by atoms with van der Waals surface area (Å²) in [6.45, 7) is 1.98. The molecule has 1 heterocycles. The molecule has 1 atom stereocenters. The Labute approximate surface area is 126 Å². The second-order valence-electron chi connectivity index (χ2n) is 5.46. The molecule has 0 saturated heterocycles. The number of benzene rings is 2. The number of nitrogens with one attached hydrogen (secondary N) is 1. The largest absolute Gasteiger partial charge is 0.495 e. The van der Waals surface area contributed by atoms with Crippen LogP contribution in [-0.4, -0.2) is 20.7 Å². The van der Waals surface area contributed by atoms with Crippen molar-refractivity contribution < 1.29 is 4.74 Å². The second kappa shape index (κ2) is 6.19. The molecule has 0 aromatic heterocycles. The van der Waals surface area contributed by atoms with Gasteiger partial charge in [-0.05, 0) is 36.2 Å². The molecule has 2 aromatic carbocycles. The van der Waals surface area contributed by atoms with E-state index in [-0.39, 0.29) is 0 Å². The zero-order chi connectivity index (χ0) is 14.7. The van der Waals surface area contributed by atoms with Gasteiger partial charge in [0.15, 0.2) is 0 Å². The van der Waals surface area contributed by atoms with Gasteiger partial charge in [0, 0.05) is 13.6 Å². The summed E-state index contributed by atoms with van der Waals surface area (Å²) in [5.74, 6) is 0.926. The lowest BCUT2D eigenvalue weighted by Gasteiger charge is -2.31. The van der Waals surface area contributed by atoms with Crippen molar-refractivity contribution in [2.75, 3.05) is 25.6 Å². The van der Waals surface area contributed by atoms with Gasteiger partial charge in [-0.25, -0.2) is 0 Å². The molecule has 0 spiro atoms. The highest BCUT2D eigenvalue weighted by atomic mass is 16.5. The van der Waals surface area contributed by atoms with Crippen molar-refractivity contribution in [2.45, 2.75) is 19.0 Å². The molecule has 1 aliphatic rings. The minimum Gasteiger partial charge on any atom is -0.495 e. The maximum Gasteiger partial charge on any atom is 0.142 e. The molecule has 3 rings (SSSR count). The molecule has 0 aliphatic carbocycles. The van der Waals surface area contributed by atoms with Gasteiger partial charge in [0.25, 0.3) is 0 Å². The van der Waals surface area contributed by atoms with Gasteiger partial charge in [0.05, 0.1) is 18.8 Å². The third-order valence-electron chi connectivity index (χ3n) is 4.26. The minimum atomic E-state index is 0.368. The lowest BCUT2D eigenvalue weighted by atomic mass is 9.97. The normalized spacial score (nSPS) is 17.7. The molecule has 1 unspecified atom stereocenters. The number of para-hydroxylation sites is 2. The maximum absolute atomic E-state index is 5.52. The van der Waals surface area contributed by atoms with Crippen LogP contribution in [0.1, 0.15) is 23.6 Å². The Kier molecular flexibility index (Phi) is 4.11. The Morgan fingerprint density at radius 2 is 1.86 bits per heavy atom. The summed E-state index contributed by atoms with van der Waals surface area (Å²) in [5.41, 5.74) is 3.94. The Balaban J connectivity index is 1.99. The fraction of sp³-hybridized carbons (Fsp3) is 0.333. The lowest BCUT2D eigenvalue weighted by molar-refractivity contribution is 0.413. The fourth-order valence-electron chi connectivity index (χ4n) is 3.13. The van der Waals surface area contributed by atoms with Crippen molar-refractivity contribution >= 4 is 5.69 Å². The van der Waals surface area contributed by atoms with Crippen molar-refractivity contribution in [3.8, 4) is 5.75 Å². The van der Waals surface area contributed by atoms with E-state index in [4.69, 9.17) is 4.74 Å². The van der Waals surface area contributed by atoms with Crippen LogP contribution in [0.3, 0.4) is 0 Å². The molecule has 3 heteroatoms. The maximum atomic E-state index is 5.52. The van der Waals surface area contributed by atoms with Gasteiger partial charge < -0.3 is 15.0 Å². The van der Waals surface area contributed by atoms with Gasteiger partial charge in [-0.3, -0.25) is 0 Å². The number of methoxy groups -OCH3 is 1. The number of hydrogen-bond acceptors (Lipinski definition) is 3. The summed E-state index contributed by atoms with van der Waals surface area (Å²) in [6, 6.07) is 17.3. The molecule has 1 aliphatic heterocycles. The number of fused-ring (bicyclic) bond motifs is 1. The highest BCUT2D eigenvalue weighted by molar-refractivity contribution is 5.59. The second-order valence-corrected chi connectivity index (χ2v) is 5.46. The topological polar surface area (TPSA) is 24.5 Å². The summed E-state index contributed by atoms with van der Waals surface area (Å²) in [6.07, 6.45) is 1.09. The van der Waals surface area contributed by atoms with Crippen LogP contribution < -0.4 is 15.0 Å². The zero-order valence-corrected chi connectivity index (χ0v) is 12.7. The Bertz CT molecular complexity index is 612. The van der Waals surface area contributed by atoms with Crippen LogP contribution in [0.5, 0.6) is 5.75 Å². The SMILES string of the molecule is COc1ccccc1N(C)C1CCNCc2ccccc21. The predicted molar refractivity (Wildman–Crippen MR) is 86.9 cm³/mol. The van der Waals surface area contributed by atoms with Gasteiger partial charge in [-0.2, -0.15) is 0 Å². The van der Waals surface area contributed by atoms with Crippen molar-refractivity contribution in [1.82, 2.24) is 5.32 Å². The monoisotopic (exact) mass is 282 g/mol. The molecule has 21 heavy (non-hydrogen) atoms. The van der Waals surface area contributed by atoms with Crippen LogP contribution in [0.15, 0.2) is 48.5 Å². The number of nitrogens with zero attached hydrogens (tertiary/aromatic N) is 1. The number of hydrogen-bond donors (Lipinski definition) is 1. The fourth-order valence-corrected chi connectivity index (χ4v) is 3.13. The van der Waals surface area contributed by atoms with E-state index in [9.17, 15) is 0 Å². The molecule has 3 nitrogen and oxygen atoms in total. The van der Waals surface area contributed by atoms with Crippen molar-refractivity contribution in [3.05, 3.63) is 59.7 Å². The third-order valence-corrected chi connectivity index (χ3v) is 4.26. The van der Waals surface area contributed by atoms with Gasteiger partial charge in [-0.15, -0.1) is 0 Å². The first-order valence-corrected chi connectivity index (χ1v) is 7.45. The predicted octanol–water partition coefficient (Wildman–Crippen LogP) is 3.37. The summed E-state index contributed by atoms with van der Waals surface area (Å²) < 4.78 is 5.52. The zero-order valence-electron chi connectivity index (χ0n) is 12.7. The smallest absolute Gasteiger partial charge is 0.142 e. The average molecular weight is 282 g/mol. The first-order valence-electron chi connectivity index (χ1n) is 7.45. The van der Waals surface area contributed by atoms with E-state index < -0.39 is 0 Å². The van der Waals surface area contributed by atoms with E-state index >= 15 is 0 Å². The molecule has 110 valence electrons. The van der Waals surface area contributed by atoms with Crippen LogP contribution in [0.2, 0.25) is 0 Å². The molecule has 0 saturated carbocycles. The van der Waals surface area contributed by atoms with Crippen LogP contribution in [0, 0.1) is 0 Å². The van der Waals surface area contributed by atoms with Crippen LogP contribution in [0.4, 0.5) is 5.69 Å². The Morgan fingerprint density at radius 1 is 1.10 bits per heavy atom. The molecular weight excluding hydrogens is 260 g/mol. The van der Waals surface area contributed by atoms with E-state index in [0.717, 1.165) is 30.9 Å². The summed E-state index contributed by atoms with van der Waals surface area (Å²) in [7, 11) is 3.89. The quantitative estimate of drug-likeness (QED) is 0.934. The molecule has 0 amide bonds. The summed E-state index contributed by atoms with van der Waals surface area (Å²) in [4.78, 5) is 2.34. The van der Waals surface area contributed by atoms with Gasteiger partial charge >= 0.3 is 0 Å². The van der Waals surface area contributed by atoms with Crippen LogP contribution in [0.25, 0.3) is 0 Å². The third kappa shape index (κ3) is 2.74. The number of anilines is 1. The molecular formula is C18H22N2O. The van der Waals surface area contributed by atoms with E-state index in [2.05, 4.69) is 53.7 Å². The highest BCUT2D eigenvalue weighted by Gasteiger charge is 2.23. The van der Waals surface area contributed by atoms with Crippen molar-refractivity contribution in [2.24, 2.45) is 0 Å². The molecule has 2 aromatic rings. The Hall–Kier alpha value is -2.00. The number of ether oxygens (including phenoxy) is 1. The van der Waals surface area contributed by atoms with E-state index in [1.165, 1.54) is 11.1 Å². The first-order chi connectivity index (χ1) is 10.3. The van der Waals surface area contributed by atoms with E-state index in [1.54, 1.807) is 7.11 Å². The summed E-state index contributed by atoms with van der Waals surface area (Å²) in [5, 5.41) is 3.51. The first kappa shape index (κ1) is 14.0. The molecule has 0 radical (unpaired) electrons.